The third kappa shape index (κ3) is 2.87. The van der Waals surface area contributed by atoms with E-state index in [1.807, 2.05) is 0 Å². The van der Waals surface area contributed by atoms with Gasteiger partial charge in [-0.3, -0.25) is 0 Å². The van der Waals surface area contributed by atoms with Crippen molar-refractivity contribution in [3.05, 3.63) is 34.9 Å². The zero-order valence-corrected chi connectivity index (χ0v) is 10.9. The van der Waals surface area contributed by atoms with Gasteiger partial charge in [-0.1, -0.05) is 0 Å². The van der Waals surface area contributed by atoms with Crippen molar-refractivity contribution in [2.75, 3.05) is 18.1 Å². The molecule has 6 heteroatoms. The van der Waals surface area contributed by atoms with Crippen LogP contribution in [0.5, 0.6) is 0 Å². The topological polar surface area (TPSA) is 46.2 Å². The minimum Gasteiger partial charge on any atom is -0.309 e. The molecule has 1 atom stereocenters. The van der Waals surface area contributed by atoms with Crippen LogP contribution in [0, 0.1) is 18.6 Å². The maximum atomic E-state index is 13.8. The van der Waals surface area contributed by atoms with Gasteiger partial charge in [0.1, 0.15) is 11.6 Å². The largest absolute Gasteiger partial charge is 0.309 e. The molecule has 0 bridgehead atoms. The average Bonchev–Trinajstić information content (AvgIpc) is 2.44. The minimum absolute atomic E-state index is 0.0866. The Morgan fingerprint density at radius 1 is 1.28 bits per heavy atom. The standard InChI is InChI=1S/C12H15F2NO2S/c1-8-5-11(14)9(6-10(8)13)12-7-18(16,17)4-2-3-15-12/h5-6,12,15H,2-4,7H2,1H3. The Morgan fingerprint density at radius 3 is 2.72 bits per heavy atom. The quantitative estimate of drug-likeness (QED) is 0.849. The number of nitrogens with one attached hydrogen (secondary N) is 1. The molecule has 1 unspecified atom stereocenters. The second-order valence-electron chi connectivity index (χ2n) is 4.60. The molecule has 1 aromatic carbocycles. The maximum absolute atomic E-state index is 13.8. The maximum Gasteiger partial charge on any atom is 0.152 e. The van der Waals surface area contributed by atoms with Gasteiger partial charge in [0, 0.05) is 11.6 Å². The van der Waals surface area contributed by atoms with Crippen molar-refractivity contribution in [3.63, 3.8) is 0 Å². The normalized spacial score (nSPS) is 23.6. The molecule has 0 radical (unpaired) electrons. The molecule has 18 heavy (non-hydrogen) atoms. The van der Waals surface area contributed by atoms with Crippen LogP contribution in [-0.2, 0) is 9.84 Å². The fourth-order valence-corrected chi connectivity index (χ4v) is 3.65. The summed E-state index contributed by atoms with van der Waals surface area (Å²) < 4.78 is 50.6. The lowest BCUT2D eigenvalue weighted by Gasteiger charge is -2.17. The third-order valence-corrected chi connectivity index (χ3v) is 4.85. The molecule has 1 N–H and O–H groups in total. The number of halogens is 2. The van der Waals surface area contributed by atoms with Crippen LogP contribution >= 0.6 is 0 Å². The number of rotatable bonds is 1. The predicted octanol–water partition coefficient (Wildman–Crippen LogP) is 1.72. The first kappa shape index (κ1) is 13.4. The van der Waals surface area contributed by atoms with Gasteiger partial charge in [-0.2, -0.15) is 0 Å². The summed E-state index contributed by atoms with van der Waals surface area (Å²) in [6.07, 6.45) is 0.495. The average molecular weight is 275 g/mol. The lowest BCUT2D eigenvalue weighted by atomic mass is 10.0. The zero-order chi connectivity index (χ0) is 13.3. The summed E-state index contributed by atoms with van der Waals surface area (Å²) >= 11 is 0. The van der Waals surface area contributed by atoms with E-state index in [0.717, 1.165) is 12.1 Å². The molecule has 1 aliphatic rings. The summed E-state index contributed by atoms with van der Waals surface area (Å²) in [6, 6.07) is 1.51. The van der Waals surface area contributed by atoms with E-state index in [4.69, 9.17) is 0 Å². The van der Waals surface area contributed by atoms with Crippen LogP contribution in [0.15, 0.2) is 12.1 Å². The molecule has 1 heterocycles. The molecule has 0 amide bonds. The number of aryl methyl sites for hydroxylation is 1. The molecule has 0 aliphatic carbocycles. The predicted molar refractivity (Wildman–Crippen MR) is 65.1 cm³/mol. The molecule has 0 aromatic heterocycles. The summed E-state index contributed by atoms with van der Waals surface area (Å²) in [5, 5.41) is 2.96. The van der Waals surface area contributed by atoms with Crippen LogP contribution in [0.4, 0.5) is 8.78 Å². The molecule has 0 saturated carbocycles. The van der Waals surface area contributed by atoms with E-state index in [0.29, 0.717) is 13.0 Å². The minimum atomic E-state index is -3.21. The fourth-order valence-electron chi connectivity index (χ4n) is 2.09. The number of hydrogen-bond acceptors (Lipinski definition) is 3. The van der Waals surface area contributed by atoms with Crippen LogP contribution in [0.3, 0.4) is 0 Å². The van der Waals surface area contributed by atoms with Crippen LogP contribution in [-0.4, -0.2) is 26.5 Å². The number of benzene rings is 1. The Hall–Kier alpha value is -1.01. The van der Waals surface area contributed by atoms with Crippen LogP contribution in [0.1, 0.15) is 23.6 Å². The molecule has 1 aromatic rings. The van der Waals surface area contributed by atoms with E-state index >= 15 is 0 Å². The molecule has 3 nitrogen and oxygen atoms in total. The zero-order valence-electron chi connectivity index (χ0n) is 10.0. The number of hydrogen-bond donors (Lipinski definition) is 1. The van der Waals surface area contributed by atoms with E-state index in [2.05, 4.69) is 5.32 Å². The first-order valence-corrected chi connectivity index (χ1v) is 7.60. The molecule has 100 valence electrons. The second-order valence-corrected chi connectivity index (χ2v) is 6.83. The van der Waals surface area contributed by atoms with E-state index in [9.17, 15) is 17.2 Å². The van der Waals surface area contributed by atoms with E-state index in [-0.39, 0.29) is 22.6 Å². The molecular formula is C12H15F2NO2S. The molecule has 0 spiro atoms. The summed E-state index contributed by atoms with van der Waals surface area (Å²) in [6.45, 7) is 1.96. The highest BCUT2D eigenvalue weighted by atomic mass is 32.2. The Labute approximate surface area is 105 Å². The first-order valence-electron chi connectivity index (χ1n) is 5.78. The van der Waals surface area contributed by atoms with Crippen LogP contribution in [0.25, 0.3) is 0 Å². The van der Waals surface area contributed by atoms with Gasteiger partial charge in [-0.05, 0) is 37.6 Å². The van der Waals surface area contributed by atoms with Crippen molar-refractivity contribution in [1.82, 2.24) is 5.32 Å². The first-order chi connectivity index (χ1) is 8.39. The molecule has 2 rings (SSSR count). The summed E-state index contributed by atoms with van der Waals surface area (Å²) in [5.74, 6) is -1.18. The second kappa shape index (κ2) is 4.93. The molecule has 1 aliphatic heterocycles. The summed E-state index contributed by atoms with van der Waals surface area (Å²) in [7, 11) is -3.21. The van der Waals surface area contributed by atoms with Crippen LogP contribution in [0.2, 0.25) is 0 Å². The van der Waals surface area contributed by atoms with Gasteiger partial charge in [-0.15, -0.1) is 0 Å². The van der Waals surface area contributed by atoms with Crippen molar-refractivity contribution in [2.45, 2.75) is 19.4 Å². The fraction of sp³-hybridized carbons (Fsp3) is 0.500. The van der Waals surface area contributed by atoms with Gasteiger partial charge < -0.3 is 5.32 Å². The van der Waals surface area contributed by atoms with Gasteiger partial charge in [0.2, 0.25) is 0 Å². The van der Waals surface area contributed by atoms with Crippen molar-refractivity contribution in [1.29, 1.82) is 0 Å². The van der Waals surface area contributed by atoms with E-state index in [1.165, 1.54) is 6.92 Å². The van der Waals surface area contributed by atoms with Gasteiger partial charge in [0.25, 0.3) is 0 Å². The molecule has 1 fully saturated rings. The lowest BCUT2D eigenvalue weighted by Crippen LogP contribution is -2.26. The van der Waals surface area contributed by atoms with E-state index < -0.39 is 27.5 Å². The SMILES string of the molecule is Cc1cc(F)c(C2CS(=O)(=O)CCCN2)cc1F. The van der Waals surface area contributed by atoms with Crippen molar-refractivity contribution < 1.29 is 17.2 Å². The Kier molecular flexibility index (Phi) is 3.68. The lowest BCUT2D eigenvalue weighted by molar-refractivity contribution is 0.521. The van der Waals surface area contributed by atoms with Gasteiger partial charge in [0.15, 0.2) is 9.84 Å². The molecular weight excluding hydrogens is 260 g/mol. The highest BCUT2D eigenvalue weighted by Gasteiger charge is 2.26. The van der Waals surface area contributed by atoms with Crippen molar-refractivity contribution in [2.24, 2.45) is 0 Å². The van der Waals surface area contributed by atoms with Gasteiger partial charge in [0.05, 0.1) is 11.5 Å². The van der Waals surface area contributed by atoms with Gasteiger partial charge >= 0.3 is 0 Å². The Balaban J connectivity index is 2.38. The van der Waals surface area contributed by atoms with Crippen molar-refractivity contribution in [3.8, 4) is 0 Å². The highest BCUT2D eigenvalue weighted by Crippen LogP contribution is 2.23. The molecule has 1 saturated heterocycles. The smallest absolute Gasteiger partial charge is 0.152 e. The summed E-state index contributed by atoms with van der Waals surface area (Å²) in [4.78, 5) is 0. The monoisotopic (exact) mass is 275 g/mol. The third-order valence-electron chi connectivity index (χ3n) is 3.10. The Bertz CT molecular complexity index is 557. The van der Waals surface area contributed by atoms with Crippen molar-refractivity contribution >= 4 is 9.84 Å². The van der Waals surface area contributed by atoms with Crippen LogP contribution < -0.4 is 5.32 Å². The summed E-state index contributed by atoms with van der Waals surface area (Å²) in [5.41, 5.74) is 0.302. The highest BCUT2D eigenvalue weighted by molar-refractivity contribution is 7.91. The van der Waals surface area contributed by atoms with Gasteiger partial charge in [-0.25, -0.2) is 17.2 Å². The van der Waals surface area contributed by atoms with E-state index in [1.54, 1.807) is 0 Å². The number of sulfone groups is 1. The Morgan fingerprint density at radius 2 is 2.00 bits per heavy atom.